The molecule has 1 saturated carbocycles. The van der Waals surface area contributed by atoms with Crippen molar-refractivity contribution < 1.29 is 14.3 Å². The fourth-order valence-corrected chi connectivity index (χ4v) is 5.34. The summed E-state index contributed by atoms with van der Waals surface area (Å²) in [5.74, 6) is 2.53. The number of benzene rings is 2. The van der Waals surface area contributed by atoms with E-state index in [1.54, 1.807) is 19.1 Å². The van der Waals surface area contributed by atoms with Crippen LogP contribution in [0.15, 0.2) is 53.7 Å². The number of amides is 1. The highest BCUT2D eigenvalue weighted by molar-refractivity contribution is 7.99. The second kappa shape index (κ2) is 11.4. The van der Waals surface area contributed by atoms with Crippen molar-refractivity contribution in [3.05, 3.63) is 54.1 Å². The largest absolute Gasteiger partial charge is 0.493 e. The van der Waals surface area contributed by atoms with Crippen LogP contribution in [0.3, 0.4) is 0 Å². The molecule has 1 heterocycles. The van der Waals surface area contributed by atoms with E-state index in [4.69, 9.17) is 9.47 Å². The Kier molecular flexibility index (Phi) is 8.11. The molecule has 0 spiro atoms. The average Bonchev–Trinajstić information content (AvgIpc) is 3.31. The number of hydrogen-bond donors (Lipinski definition) is 0. The van der Waals surface area contributed by atoms with Gasteiger partial charge in [-0.15, -0.1) is 10.2 Å². The smallest absolute Gasteiger partial charge is 0.233 e. The molecule has 0 bridgehead atoms. The lowest BCUT2D eigenvalue weighted by Gasteiger charge is -2.26. The first-order valence-electron chi connectivity index (χ1n) is 11.7. The predicted molar refractivity (Wildman–Crippen MR) is 134 cm³/mol. The van der Waals surface area contributed by atoms with Crippen LogP contribution in [0.4, 0.5) is 0 Å². The third-order valence-corrected chi connectivity index (χ3v) is 7.19. The van der Waals surface area contributed by atoms with E-state index in [-0.39, 0.29) is 5.91 Å². The van der Waals surface area contributed by atoms with Gasteiger partial charge in [0.05, 0.1) is 20.0 Å². The Morgan fingerprint density at radius 2 is 1.76 bits per heavy atom. The second-order valence-corrected chi connectivity index (χ2v) is 9.50. The van der Waals surface area contributed by atoms with Gasteiger partial charge < -0.3 is 14.4 Å². The summed E-state index contributed by atoms with van der Waals surface area (Å²) in [4.78, 5) is 14.6. The van der Waals surface area contributed by atoms with Crippen LogP contribution in [0.2, 0.25) is 0 Å². The summed E-state index contributed by atoms with van der Waals surface area (Å²) in [5, 5.41) is 9.86. The van der Waals surface area contributed by atoms with Gasteiger partial charge in [0.1, 0.15) is 0 Å². The summed E-state index contributed by atoms with van der Waals surface area (Å²) in [5.41, 5.74) is 2.04. The molecule has 0 radical (unpaired) electrons. The van der Waals surface area contributed by atoms with Crippen LogP contribution in [0.1, 0.15) is 43.7 Å². The number of aromatic nitrogens is 3. The molecule has 4 rings (SSSR count). The van der Waals surface area contributed by atoms with Crippen molar-refractivity contribution in [2.45, 2.75) is 49.8 Å². The first-order valence-corrected chi connectivity index (χ1v) is 12.7. The second-order valence-electron chi connectivity index (χ2n) is 8.56. The molecule has 2 aromatic carbocycles. The van der Waals surface area contributed by atoms with Gasteiger partial charge in [-0.3, -0.25) is 9.36 Å². The van der Waals surface area contributed by atoms with Crippen LogP contribution in [-0.4, -0.2) is 52.6 Å². The molecular weight excluding hydrogens is 448 g/mol. The molecule has 8 heteroatoms. The van der Waals surface area contributed by atoms with Gasteiger partial charge in [0.15, 0.2) is 22.5 Å². The van der Waals surface area contributed by atoms with Crippen molar-refractivity contribution in [2.24, 2.45) is 0 Å². The van der Waals surface area contributed by atoms with Gasteiger partial charge in [-0.25, -0.2) is 0 Å². The molecule has 180 valence electrons. The van der Waals surface area contributed by atoms with Crippen LogP contribution in [0, 0.1) is 0 Å². The van der Waals surface area contributed by atoms with Gasteiger partial charge in [-0.1, -0.05) is 61.4 Å². The monoisotopic (exact) mass is 480 g/mol. The zero-order chi connectivity index (χ0) is 23.9. The summed E-state index contributed by atoms with van der Waals surface area (Å²) in [6, 6.07) is 16.2. The zero-order valence-electron chi connectivity index (χ0n) is 20.1. The third kappa shape index (κ3) is 5.55. The maximum absolute atomic E-state index is 12.9. The van der Waals surface area contributed by atoms with Gasteiger partial charge in [-0.2, -0.15) is 0 Å². The maximum atomic E-state index is 12.9. The summed E-state index contributed by atoms with van der Waals surface area (Å²) in [6.07, 6.45) is 5.82. The van der Waals surface area contributed by atoms with Gasteiger partial charge >= 0.3 is 0 Å². The van der Waals surface area contributed by atoms with E-state index in [9.17, 15) is 4.79 Å². The van der Waals surface area contributed by atoms with Crippen LogP contribution < -0.4 is 9.47 Å². The number of rotatable bonds is 9. The lowest BCUT2D eigenvalue weighted by Crippen LogP contribution is -2.28. The molecule has 7 nitrogen and oxygen atoms in total. The highest BCUT2D eigenvalue weighted by atomic mass is 32.2. The Hall–Kier alpha value is -3.00. The molecule has 0 aliphatic heterocycles. The lowest BCUT2D eigenvalue weighted by atomic mass is 9.95. The molecule has 1 aliphatic rings. The highest BCUT2D eigenvalue weighted by Gasteiger charge is 2.25. The lowest BCUT2D eigenvalue weighted by molar-refractivity contribution is -0.127. The molecule has 1 fully saturated rings. The third-order valence-electron chi connectivity index (χ3n) is 6.26. The molecule has 0 unspecified atom stereocenters. The Morgan fingerprint density at radius 1 is 1.03 bits per heavy atom. The Morgan fingerprint density at radius 3 is 2.47 bits per heavy atom. The van der Waals surface area contributed by atoms with E-state index in [0.29, 0.717) is 29.8 Å². The molecule has 0 saturated heterocycles. The van der Waals surface area contributed by atoms with Crippen molar-refractivity contribution in [1.29, 1.82) is 0 Å². The minimum absolute atomic E-state index is 0.0692. The summed E-state index contributed by atoms with van der Waals surface area (Å²) in [7, 11) is 5.10. The standard InChI is InChI=1S/C26H32N4O3S/c1-29(17-19-10-6-4-7-11-19)24(31)18-34-26-28-27-25(30(26)21-12-8-5-9-13-21)20-14-15-22(32-2)23(16-20)33-3/h4,6-7,10-11,14-16,21H,5,8-9,12-13,17-18H2,1-3H3. The van der Waals surface area contributed by atoms with Crippen molar-refractivity contribution in [3.63, 3.8) is 0 Å². The molecule has 1 amide bonds. The Balaban J connectivity index is 1.55. The van der Waals surface area contributed by atoms with Crippen LogP contribution in [0.5, 0.6) is 11.5 Å². The summed E-state index contributed by atoms with van der Waals surface area (Å²) < 4.78 is 13.1. The Bertz CT molecular complexity index is 1100. The number of hydrogen-bond acceptors (Lipinski definition) is 6. The summed E-state index contributed by atoms with van der Waals surface area (Å²) in [6.45, 7) is 0.590. The average molecular weight is 481 g/mol. The summed E-state index contributed by atoms with van der Waals surface area (Å²) >= 11 is 1.46. The van der Waals surface area contributed by atoms with Crippen molar-refractivity contribution in [1.82, 2.24) is 19.7 Å². The maximum Gasteiger partial charge on any atom is 0.233 e. The molecule has 1 aromatic heterocycles. The van der Waals surface area contributed by atoms with E-state index in [2.05, 4.69) is 14.8 Å². The quantitative estimate of drug-likeness (QED) is 0.391. The number of carbonyl (C=O) groups is 1. The molecule has 3 aromatic rings. The van der Waals surface area contributed by atoms with Gasteiger partial charge in [0.25, 0.3) is 0 Å². The molecule has 0 N–H and O–H groups in total. The molecule has 34 heavy (non-hydrogen) atoms. The van der Waals surface area contributed by atoms with E-state index in [1.807, 2.05) is 55.6 Å². The van der Waals surface area contributed by atoms with E-state index in [1.165, 1.54) is 31.0 Å². The zero-order valence-corrected chi connectivity index (χ0v) is 20.9. The van der Waals surface area contributed by atoms with Crippen LogP contribution >= 0.6 is 11.8 Å². The Labute approximate surface area is 205 Å². The van der Waals surface area contributed by atoms with Crippen molar-refractivity contribution >= 4 is 17.7 Å². The first kappa shape index (κ1) is 24.1. The molecule has 1 aliphatic carbocycles. The fourth-order valence-electron chi connectivity index (χ4n) is 4.40. The number of nitrogens with zero attached hydrogens (tertiary/aromatic N) is 4. The number of carbonyl (C=O) groups excluding carboxylic acids is 1. The van der Waals surface area contributed by atoms with E-state index in [0.717, 1.165) is 34.9 Å². The van der Waals surface area contributed by atoms with E-state index >= 15 is 0 Å². The van der Waals surface area contributed by atoms with Gasteiger partial charge in [0, 0.05) is 25.2 Å². The van der Waals surface area contributed by atoms with Crippen molar-refractivity contribution in [3.8, 4) is 22.9 Å². The van der Waals surface area contributed by atoms with Gasteiger partial charge in [0.2, 0.25) is 5.91 Å². The number of thioether (sulfide) groups is 1. The highest BCUT2D eigenvalue weighted by Crippen LogP contribution is 2.38. The minimum atomic E-state index is 0.0692. The SMILES string of the molecule is COc1ccc(-c2nnc(SCC(=O)N(C)Cc3ccccc3)n2C2CCCCC2)cc1OC. The topological polar surface area (TPSA) is 69.5 Å². The molecule has 0 atom stereocenters. The van der Waals surface area contributed by atoms with Crippen LogP contribution in [-0.2, 0) is 11.3 Å². The first-order chi connectivity index (χ1) is 16.6. The number of methoxy groups -OCH3 is 2. The molecular formula is C26H32N4O3S. The van der Waals surface area contributed by atoms with E-state index < -0.39 is 0 Å². The van der Waals surface area contributed by atoms with Crippen LogP contribution in [0.25, 0.3) is 11.4 Å². The van der Waals surface area contributed by atoms with Crippen molar-refractivity contribution in [2.75, 3.05) is 27.0 Å². The normalized spacial score (nSPS) is 14.1. The van der Waals surface area contributed by atoms with Gasteiger partial charge in [-0.05, 0) is 36.6 Å². The minimum Gasteiger partial charge on any atom is -0.493 e. The predicted octanol–water partition coefficient (Wildman–Crippen LogP) is 5.22. The number of ether oxygens (including phenoxy) is 2. The fraction of sp³-hybridized carbons (Fsp3) is 0.423.